The van der Waals surface area contributed by atoms with Crippen LogP contribution < -0.4 is 19.6 Å². The number of aliphatic hydroxyl groups is 5. The summed E-state index contributed by atoms with van der Waals surface area (Å²) < 4.78 is 5.15. The smallest absolute Gasteiger partial charge is 0.0637 e. The lowest BCUT2D eigenvalue weighted by Gasteiger charge is -2.27. The number of ether oxygens (including phenoxy) is 1. The first-order valence-corrected chi connectivity index (χ1v) is 17.4. The van der Waals surface area contributed by atoms with Crippen molar-refractivity contribution in [1.29, 1.82) is 0 Å². The molecule has 4 aromatic carbocycles. The van der Waals surface area contributed by atoms with Crippen LogP contribution in [0.4, 0.5) is 34.1 Å². The summed E-state index contributed by atoms with van der Waals surface area (Å²) in [6.07, 6.45) is 1.01. The van der Waals surface area contributed by atoms with E-state index in [1.807, 2.05) is 60.4 Å². The highest BCUT2D eigenvalue weighted by atomic mass is 16.5. The molecule has 4 aromatic rings. The number of anilines is 6. The van der Waals surface area contributed by atoms with Crippen molar-refractivity contribution >= 4 is 34.1 Å². The van der Waals surface area contributed by atoms with Gasteiger partial charge >= 0.3 is 0 Å². The first kappa shape index (κ1) is 40.3. The summed E-state index contributed by atoms with van der Waals surface area (Å²) in [7, 11) is 1.68. The van der Waals surface area contributed by atoms with E-state index in [4.69, 9.17) is 14.9 Å². The molecule has 10 nitrogen and oxygen atoms in total. The molecule has 50 heavy (non-hydrogen) atoms. The van der Waals surface area contributed by atoms with E-state index in [1.165, 1.54) is 11.1 Å². The van der Waals surface area contributed by atoms with E-state index in [1.54, 1.807) is 7.11 Å². The Morgan fingerprint density at radius 1 is 0.440 bits per heavy atom. The van der Waals surface area contributed by atoms with Crippen LogP contribution in [-0.4, -0.2) is 112 Å². The minimum absolute atomic E-state index is 0.0434. The molecule has 0 bridgehead atoms. The molecule has 0 spiro atoms. The second-order valence-electron chi connectivity index (χ2n) is 11.8. The first-order chi connectivity index (χ1) is 24.4. The third kappa shape index (κ3) is 12.3. The van der Waals surface area contributed by atoms with Crippen molar-refractivity contribution in [3.63, 3.8) is 0 Å². The Labute approximate surface area is 298 Å². The van der Waals surface area contributed by atoms with Crippen molar-refractivity contribution in [1.82, 2.24) is 0 Å². The van der Waals surface area contributed by atoms with Crippen LogP contribution in [0, 0.1) is 6.92 Å². The monoisotopic (exact) mass is 688 g/mol. The Bertz CT molecular complexity index is 1450. The van der Waals surface area contributed by atoms with E-state index in [9.17, 15) is 15.3 Å². The van der Waals surface area contributed by atoms with Crippen molar-refractivity contribution in [3.05, 3.63) is 108 Å². The van der Waals surface area contributed by atoms with Crippen LogP contribution in [0.25, 0.3) is 0 Å². The maximum absolute atomic E-state index is 9.48. The Morgan fingerprint density at radius 3 is 1.10 bits per heavy atom. The molecule has 0 aliphatic heterocycles. The van der Waals surface area contributed by atoms with Crippen LogP contribution in [0.2, 0.25) is 0 Å². The minimum atomic E-state index is 0.0434. The number of hydrogen-bond acceptors (Lipinski definition) is 10. The van der Waals surface area contributed by atoms with Gasteiger partial charge in [-0.2, -0.15) is 0 Å². The van der Waals surface area contributed by atoms with Gasteiger partial charge in [0.1, 0.15) is 0 Å². The summed E-state index contributed by atoms with van der Waals surface area (Å²) in [5, 5.41) is 46.5. The standard InChI is InChI=1S/C21H30N2O3.C19H26N2O3/c1-3-18-4-6-20(7-5-18)23(13-16-25)21-10-8-19(9-11-21)22(12-15-24)14-17-26-2;1-16-2-4-18(5-3-16)21(12-15-24)19-8-6-17(7-9-19)20(10-13-22)11-14-23/h4-11,24-25H,3,12-17H2,1-2H3;2-9,22-24H,10-15H2,1H3. The van der Waals surface area contributed by atoms with Gasteiger partial charge < -0.3 is 49.9 Å². The molecule has 0 aromatic heterocycles. The number of nitrogens with zero attached hydrogens (tertiary/aromatic N) is 4. The third-order valence-electron chi connectivity index (χ3n) is 8.38. The third-order valence-corrected chi connectivity index (χ3v) is 8.38. The molecule has 0 fully saturated rings. The molecule has 0 aliphatic carbocycles. The van der Waals surface area contributed by atoms with Crippen LogP contribution in [0.3, 0.4) is 0 Å². The molecular formula is C40H56N4O6. The summed E-state index contributed by atoms with van der Waals surface area (Å²) in [5.74, 6) is 0. The van der Waals surface area contributed by atoms with Gasteiger partial charge in [0.05, 0.1) is 39.6 Å². The molecule has 0 saturated carbocycles. The number of methoxy groups -OCH3 is 1. The zero-order valence-corrected chi connectivity index (χ0v) is 29.9. The topological polar surface area (TPSA) is 123 Å². The zero-order valence-electron chi connectivity index (χ0n) is 29.9. The van der Waals surface area contributed by atoms with Gasteiger partial charge in [0, 0.05) is 80.5 Å². The van der Waals surface area contributed by atoms with Gasteiger partial charge in [0.15, 0.2) is 0 Å². The molecule has 10 heteroatoms. The number of rotatable bonds is 20. The summed E-state index contributed by atoms with van der Waals surface area (Å²) in [6, 6.07) is 32.8. The number of hydrogen-bond donors (Lipinski definition) is 5. The predicted octanol–water partition coefficient (Wildman–Crippen LogP) is 4.74. The van der Waals surface area contributed by atoms with Crippen LogP contribution in [0.15, 0.2) is 97.1 Å². The second kappa shape index (κ2) is 22.5. The lowest BCUT2D eigenvalue weighted by atomic mass is 10.1. The van der Waals surface area contributed by atoms with E-state index < -0.39 is 0 Å². The minimum Gasteiger partial charge on any atom is -0.395 e. The van der Waals surface area contributed by atoms with E-state index in [0.717, 1.165) is 47.1 Å². The molecule has 4 rings (SSSR count). The molecule has 0 atom stereocenters. The summed E-state index contributed by atoms with van der Waals surface area (Å²) >= 11 is 0. The molecule has 272 valence electrons. The zero-order chi connectivity index (χ0) is 36.1. The number of benzene rings is 4. The highest BCUT2D eigenvalue weighted by Gasteiger charge is 2.13. The van der Waals surface area contributed by atoms with Crippen molar-refractivity contribution in [2.75, 3.05) is 106 Å². The average Bonchev–Trinajstić information content (AvgIpc) is 3.15. The second-order valence-corrected chi connectivity index (χ2v) is 11.8. The van der Waals surface area contributed by atoms with Crippen molar-refractivity contribution < 1.29 is 30.3 Å². The van der Waals surface area contributed by atoms with Gasteiger partial charge in [0.25, 0.3) is 0 Å². The molecule has 0 heterocycles. The van der Waals surface area contributed by atoms with Gasteiger partial charge in [-0.3, -0.25) is 0 Å². The molecule has 0 saturated heterocycles. The molecule has 0 amide bonds. The first-order valence-electron chi connectivity index (χ1n) is 17.4. The van der Waals surface area contributed by atoms with Gasteiger partial charge in [-0.05, 0) is 91.7 Å². The van der Waals surface area contributed by atoms with Crippen LogP contribution in [0.5, 0.6) is 0 Å². The molecule has 0 aliphatic rings. The molecule has 0 radical (unpaired) electrons. The van der Waals surface area contributed by atoms with Crippen LogP contribution in [0.1, 0.15) is 18.1 Å². The van der Waals surface area contributed by atoms with E-state index >= 15 is 0 Å². The lowest BCUT2D eigenvalue weighted by Crippen LogP contribution is -2.30. The highest BCUT2D eigenvalue weighted by molar-refractivity contribution is 5.67. The fourth-order valence-electron chi connectivity index (χ4n) is 5.64. The lowest BCUT2D eigenvalue weighted by molar-refractivity contribution is 0.203. The summed E-state index contributed by atoms with van der Waals surface area (Å²) in [6.45, 7) is 8.46. The van der Waals surface area contributed by atoms with Crippen LogP contribution >= 0.6 is 0 Å². The van der Waals surface area contributed by atoms with Crippen molar-refractivity contribution in [2.45, 2.75) is 20.3 Å². The van der Waals surface area contributed by atoms with Crippen molar-refractivity contribution in [2.24, 2.45) is 0 Å². The van der Waals surface area contributed by atoms with E-state index in [0.29, 0.717) is 39.3 Å². The predicted molar refractivity (Wildman–Crippen MR) is 206 cm³/mol. The Balaban J connectivity index is 0.000000271. The summed E-state index contributed by atoms with van der Waals surface area (Å²) in [4.78, 5) is 8.20. The number of aliphatic hydroxyl groups excluding tert-OH is 5. The fourth-order valence-corrected chi connectivity index (χ4v) is 5.64. The maximum atomic E-state index is 9.48. The SMILES string of the molecule is CCc1ccc(N(CCO)c2ccc(N(CCO)CCOC)cc2)cc1.Cc1ccc(N(CCO)c2ccc(N(CCO)CCO)cc2)cc1. The fraction of sp³-hybridized carbons (Fsp3) is 0.400. The van der Waals surface area contributed by atoms with E-state index in [2.05, 4.69) is 70.2 Å². The highest BCUT2D eigenvalue weighted by Crippen LogP contribution is 2.29. The molecular weight excluding hydrogens is 632 g/mol. The van der Waals surface area contributed by atoms with Crippen molar-refractivity contribution in [3.8, 4) is 0 Å². The van der Waals surface area contributed by atoms with Gasteiger partial charge in [-0.15, -0.1) is 0 Å². The Kier molecular flexibility index (Phi) is 18.2. The maximum Gasteiger partial charge on any atom is 0.0637 e. The van der Waals surface area contributed by atoms with Gasteiger partial charge in [0.2, 0.25) is 0 Å². The average molecular weight is 689 g/mol. The van der Waals surface area contributed by atoms with Crippen LogP contribution in [-0.2, 0) is 11.2 Å². The van der Waals surface area contributed by atoms with Gasteiger partial charge in [-0.1, -0.05) is 36.8 Å². The van der Waals surface area contributed by atoms with E-state index in [-0.39, 0.29) is 33.0 Å². The normalized spacial score (nSPS) is 10.7. The number of aryl methyl sites for hydroxylation is 2. The van der Waals surface area contributed by atoms with Gasteiger partial charge in [-0.25, -0.2) is 0 Å². The quantitative estimate of drug-likeness (QED) is 0.0890. The largest absolute Gasteiger partial charge is 0.395 e. The molecule has 0 unspecified atom stereocenters. The summed E-state index contributed by atoms with van der Waals surface area (Å²) in [5.41, 5.74) is 8.61. The Hall–Kier alpha value is -4.16. The Morgan fingerprint density at radius 2 is 0.760 bits per heavy atom. The molecule has 5 N–H and O–H groups in total.